The fraction of sp³-hybridized carbons (Fsp3) is 0.421. The lowest BCUT2D eigenvalue weighted by atomic mass is 9.96. The zero-order valence-corrected chi connectivity index (χ0v) is 13.9. The maximum Gasteiger partial charge on any atom is 0.0649 e. The summed E-state index contributed by atoms with van der Waals surface area (Å²) in [6.07, 6.45) is 5.33. The highest BCUT2D eigenvalue weighted by molar-refractivity contribution is 5.42. The first kappa shape index (κ1) is 15.0. The number of allylic oxidation sites excluding steroid dienone is 1. The summed E-state index contributed by atoms with van der Waals surface area (Å²) in [6, 6.07) is 8.89. The zero-order valence-electron chi connectivity index (χ0n) is 13.9. The van der Waals surface area contributed by atoms with E-state index >= 15 is 0 Å². The van der Waals surface area contributed by atoms with E-state index in [1.807, 2.05) is 0 Å². The van der Waals surface area contributed by atoms with E-state index in [4.69, 9.17) is 10.8 Å². The van der Waals surface area contributed by atoms with Crippen LogP contribution in [0.2, 0.25) is 0 Å². The van der Waals surface area contributed by atoms with Gasteiger partial charge in [-0.3, -0.25) is 0 Å². The lowest BCUT2D eigenvalue weighted by Gasteiger charge is -2.11. The molecule has 2 atom stereocenters. The average molecular weight is 295 g/mol. The largest absolute Gasteiger partial charge is 0.324 e. The SMILES string of the molecule is Cc1nn(-c2ccc(C(C)C)cc2)c(C)c1C1C=CC(N)C1. The van der Waals surface area contributed by atoms with Crippen molar-refractivity contribution in [3.8, 4) is 5.69 Å². The molecular formula is C19H25N3. The third-order valence-corrected chi connectivity index (χ3v) is 4.64. The van der Waals surface area contributed by atoms with Crippen molar-refractivity contribution < 1.29 is 0 Å². The summed E-state index contributed by atoms with van der Waals surface area (Å²) in [4.78, 5) is 0. The van der Waals surface area contributed by atoms with Crippen LogP contribution < -0.4 is 5.73 Å². The van der Waals surface area contributed by atoms with Gasteiger partial charge in [0.2, 0.25) is 0 Å². The molecule has 0 amide bonds. The number of hydrogen-bond donors (Lipinski definition) is 1. The molecule has 1 aliphatic carbocycles. The van der Waals surface area contributed by atoms with Crippen LogP contribution in [0.3, 0.4) is 0 Å². The molecule has 0 saturated heterocycles. The molecule has 1 aliphatic rings. The van der Waals surface area contributed by atoms with Gasteiger partial charge in [-0.1, -0.05) is 38.1 Å². The normalized spacial score (nSPS) is 21.0. The van der Waals surface area contributed by atoms with E-state index in [1.165, 1.54) is 16.8 Å². The van der Waals surface area contributed by atoms with Crippen molar-refractivity contribution >= 4 is 0 Å². The fourth-order valence-corrected chi connectivity index (χ4v) is 3.38. The van der Waals surface area contributed by atoms with Gasteiger partial charge in [-0.05, 0) is 43.9 Å². The van der Waals surface area contributed by atoms with Crippen LogP contribution >= 0.6 is 0 Å². The van der Waals surface area contributed by atoms with Gasteiger partial charge < -0.3 is 5.73 Å². The number of nitrogens with zero attached hydrogens (tertiary/aromatic N) is 2. The van der Waals surface area contributed by atoms with Crippen molar-refractivity contribution in [1.29, 1.82) is 0 Å². The van der Waals surface area contributed by atoms with Crippen molar-refractivity contribution in [3.63, 3.8) is 0 Å². The van der Waals surface area contributed by atoms with Crippen LogP contribution in [0.5, 0.6) is 0 Å². The fourth-order valence-electron chi connectivity index (χ4n) is 3.38. The number of nitrogens with two attached hydrogens (primary N) is 1. The summed E-state index contributed by atoms with van der Waals surface area (Å²) >= 11 is 0. The van der Waals surface area contributed by atoms with Gasteiger partial charge >= 0.3 is 0 Å². The van der Waals surface area contributed by atoms with Crippen LogP contribution in [0, 0.1) is 13.8 Å². The van der Waals surface area contributed by atoms with Crippen molar-refractivity contribution in [2.75, 3.05) is 0 Å². The van der Waals surface area contributed by atoms with Gasteiger partial charge in [0.15, 0.2) is 0 Å². The van der Waals surface area contributed by atoms with Crippen LogP contribution in [0.4, 0.5) is 0 Å². The second-order valence-electron chi connectivity index (χ2n) is 6.63. The van der Waals surface area contributed by atoms with Crippen molar-refractivity contribution in [1.82, 2.24) is 9.78 Å². The van der Waals surface area contributed by atoms with E-state index < -0.39 is 0 Å². The molecule has 2 unspecified atom stereocenters. The average Bonchev–Trinajstić information content (AvgIpc) is 3.02. The minimum absolute atomic E-state index is 0.178. The summed E-state index contributed by atoms with van der Waals surface area (Å²) in [5.74, 6) is 0.953. The van der Waals surface area contributed by atoms with Gasteiger partial charge in [-0.15, -0.1) is 0 Å². The highest BCUT2D eigenvalue weighted by Crippen LogP contribution is 2.33. The Bertz CT molecular complexity index is 692. The maximum absolute atomic E-state index is 6.01. The van der Waals surface area contributed by atoms with E-state index in [2.05, 4.69) is 68.8 Å². The standard InChI is InChI=1S/C19H25N3/c1-12(2)15-6-9-18(10-7-15)22-14(4)19(13(3)21-22)16-5-8-17(20)11-16/h5-10,12,16-17H,11,20H2,1-4H3. The Kier molecular flexibility index (Phi) is 3.92. The molecule has 0 saturated carbocycles. The highest BCUT2D eigenvalue weighted by Gasteiger charge is 2.24. The Morgan fingerprint density at radius 2 is 1.82 bits per heavy atom. The molecule has 1 aromatic heterocycles. The molecule has 1 aromatic carbocycles. The second kappa shape index (κ2) is 5.73. The first-order valence-corrected chi connectivity index (χ1v) is 8.07. The Morgan fingerprint density at radius 3 is 2.36 bits per heavy atom. The lowest BCUT2D eigenvalue weighted by Crippen LogP contribution is -2.14. The molecule has 1 heterocycles. The van der Waals surface area contributed by atoms with E-state index in [0.717, 1.165) is 17.8 Å². The molecule has 22 heavy (non-hydrogen) atoms. The van der Waals surface area contributed by atoms with Gasteiger partial charge in [0.05, 0.1) is 11.4 Å². The predicted octanol–water partition coefficient (Wildman–Crippen LogP) is 3.98. The molecule has 3 nitrogen and oxygen atoms in total. The summed E-state index contributed by atoms with van der Waals surface area (Å²) in [5, 5.41) is 4.77. The molecule has 0 bridgehead atoms. The Hall–Kier alpha value is -1.87. The molecule has 0 fully saturated rings. The van der Waals surface area contributed by atoms with Gasteiger partial charge in [0, 0.05) is 23.2 Å². The predicted molar refractivity (Wildman–Crippen MR) is 91.6 cm³/mol. The van der Waals surface area contributed by atoms with Crippen molar-refractivity contribution in [2.24, 2.45) is 5.73 Å². The van der Waals surface area contributed by atoms with Crippen LogP contribution in [0.15, 0.2) is 36.4 Å². The van der Waals surface area contributed by atoms with Crippen LogP contribution in [-0.2, 0) is 0 Å². The van der Waals surface area contributed by atoms with Crippen LogP contribution in [0.1, 0.15) is 54.6 Å². The summed E-state index contributed by atoms with van der Waals surface area (Å²) < 4.78 is 2.06. The van der Waals surface area contributed by atoms with E-state index in [0.29, 0.717) is 11.8 Å². The third-order valence-electron chi connectivity index (χ3n) is 4.64. The van der Waals surface area contributed by atoms with E-state index in [-0.39, 0.29) is 6.04 Å². The zero-order chi connectivity index (χ0) is 15.9. The molecule has 3 rings (SSSR count). The van der Waals surface area contributed by atoms with E-state index in [1.54, 1.807) is 0 Å². The molecule has 0 aliphatic heterocycles. The Labute approximate surface area is 132 Å². The molecule has 2 aromatic rings. The maximum atomic E-state index is 6.01. The number of aryl methyl sites for hydroxylation is 1. The first-order chi connectivity index (χ1) is 10.5. The third kappa shape index (κ3) is 2.61. The summed E-state index contributed by atoms with van der Waals surface area (Å²) in [5.41, 5.74) is 12.2. The lowest BCUT2D eigenvalue weighted by molar-refractivity contribution is 0.704. The summed E-state index contributed by atoms with van der Waals surface area (Å²) in [6.45, 7) is 8.68. The minimum Gasteiger partial charge on any atom is -0.324 e. The minimum atomic E-state index is 0.178. The number of benzene rings is 1. The highest BCUT2D eigenvalue weighted by atomic mass is 15.3. The molecule has 116 valence electrons. The number of aromatic nitrogens is 2. The Morgan fingerprint density at radius 1 is 1.14 bits per heavy atom. The van der Waals surface area contributed by atoms with Gasteiger partial charge in [-0.25, -0.2) is 4.68 Å². The monoisotopic (exact) mass is 295 g/mol. The van der Waals surface area contributed by atoms with Gasteiger partial charge in [0.25, 0.3) is 0 Å². The second-order valence-corrected chi connectivity index (χ2v) is 6.63. The van der Waals surface area contributed by atoms with Crippen molar-refractivity contribution in [3.05, 3.63) is 58.9 Å². The van der Waals surface area contributed by atoms with Gasteiger partial charge in [-0.2, -0.15) is 5.10 Å². The quantitative estimate of drug-likeness (QED) is 0.870. The molecule has 0 radical (unpaired) electrons. The number of rotatable bonds is 3. The van der Waals surface area contributed by atoms with Gasteiger partial charge in [0.1, 0.15) is 0 Å². The van der Waals surface area contributed by atoms with Crippen LogP contribution in [-0.4, -0.2) is 15.8 Å². The van der Waals surface area contributed by atoms with Crippen molar-refractivity contribution in [2.45, 2.75) is 52.0 Å². The molecule has 3 heteroatoms. The van der Waals surface area contributed by atoms with Crippen LogP contribution in [0.25, 0.3) is 5.69 Å². The Balaban J connectivity index is 1.97. The molecule has 2 N–H and O–H groups in total. The first-order valence-electron chi connectivity index (χ1n) is 8.07. The van der Waals surface area contributed by atoms with E-state index in [9.17, 15) is 0 Å². The topological polar surface area (TPSA) is 43.8 Å². The summed E-state index contributed by atoms with van der Waals surface area (Å²) in [7, 11) is 0. The number of hydrogen-bond acceptors (Lipinski definition) is 2. The smallest absolute Gasteiger partial charge is 0.0649 e. The molecule has 0 spiro atoms. The molecular weight excluding hydrogens is 270 g/mol.